The highest BCUT2D eigenvalue weighted by Crippen LogP contribution is 2.33. The van der Waals surface area contributed by atoms with E-state index in [4.69, 9.17) is 21.3 Å². The summed E-state index contributed by atoms with van der Waals surface area (Å²) in [5.74, 6) is 0.762. The number of piperidine rings is 1. The van der Waals surface area contributed by atoms with Crippen LogP contribution < -0.4 is 10.9 Å². The number of H-pyrrole nitrogens is 2. The molecule has 4 N–H and O–H groups in total. The molecular formula is C28H30ClN5O4. The Kier molecular flexibility index (Phi) is 7.40. The number of carbonyl (C=O) groups is 1. The maximum Gasteiger partial charge on any atom is 0.409 e. The smallest absolute Gasteiger partial charge is 0.409 e. The molecule has 0 radical (unpaired) electrons. The summed E-state index contributed by atoms with van der Waals surface area (Å²) in [4.78, 5) is 37.3. The molecule has 4 aromatic rings. The molecule has 1 amide bonds. The minimum Gasteiger partial charge on any atom is -0.453 e. The molecule has 0 bridgehead atoms. The molecule has 0 spiro atoms. The maximum atomic E-state index is 12.9. The number of likely N-dealkylation sites (tertiary alicyclic amines) is 1. The first kappa shape index (κ1) is 25.8. The lowest BCUT2D eigenvalue weighted by Gasteiger charge is -2.31. The monoisotopic (exact) mass is 535 g/mol. The lowest BCUT2D eigenvalue weighted by Crippen LogP contribution is -2.37. The average Bonchev–Trinajstić information content (AvgIpc) is 3.35. The van der Waals surface area contributed by atoms with Crippen molar-refractivity contribution < 1.29 is 14.6 Å². The zero-order chi connectivity index (χ0) is 26.8. The van der Waals surface area contributed by atoms with Gasteiger partial charge in [-0.2, -0.15) is 0 Å². The number of benzene rings is 2. The number of aromatic amines is 2. The van der Waals surface area contributed by atoms with Gasteiger partial charge in [0.1, 0.15) is 11.4 Å². The first-order valence-corrected chi connectivity index (χ1v) is 12.9. The lowest BCUT2D eigenvalue weighted by atomic mass is 9.88. The van der Waals surface area contributed by atoms with E-state index >= 15 is 0 Å². The van der Waals surface area contributed by atoms with Crippen LogP contribution in [0.25, 0.3) is 22.4 Å². The Morgan fingerprint density at radius 3 is 2.79 bits per heavy atom. The predicted molar refractivity (Wildman–Crippen MR) is 148 cm³/mol. The van der Waals surface area contributed by atoms with Crippen LogP contribution in [0.15, 0.2) is 53.5 Å². The first-order valence-electron chi connectivity index (χ1n) is 12.6. The number of hydrogen-bond donors (Lipinski definition) is 4. The van der Waals surface area contributed by atoms with Crippen molar-refractivity contribution in [3.8, 4) is 11.4 Å². The van der Waals surface area contributed by atoms with Gasteiger partial charge in [-0.05, 0) is 66.6 Å². The number of fused-ring (bicyclic) bond motifs is 1. The van der Waals surface area contributed by atoms with Crippen molar-refractivity contribution in [1.29, 1.82) is 0 Å². The fraction of sp³-hybridized carbons (Fsp3) is 0.321. The second-order valence-electron chi connectivity index (χ2n) is 9.60. The molecule has 0 saturated carbocycles. The van der Waals surface area contributed by atoms with Crippen molar-refractivity contribution in [2.45, 2.75) is 31.8 Å². The van der Waals surface area contributed by atoms with Gasteiger partial charge < -0.3 is 30.0 Å². The van der Waals surface area contributed by atoms with Gasteiger partial charge in [-0.1, -0.05) is 29.8 Å². The van der Waals surface area contributed by atoms with E-state index in [9.17, 15) is 14.7 Å². The van der Waals surface area contributed by atoms with Crippen LogP contribution in [0.5, 0.6) is 0 Å². The van der Waals surface area contributed by atoms with Crippen LogP contribution in [0.2, 0.25) is 5.02 Å². The summed E-state index contributed by atoms with van der Waals surface area (Å²) >= 11 is 6.06. The number of nitrogens with zero attached hydrogens (tertiary/aromatic N) is 2. The zero-order valence-corrected chi connectivity index (χ0v) is 22.0. The molecule has 2 aromatic carbocycles. The molecule has 0 aliphatic carbocycles. The predicted octanol–water partition coefficient (Wildman–Crippen LogP) is 4.97. The molecule has 2 aromatic heterocycles. The summed E-state index contributed by atoms with van der Waals surface area (Å²) in [6.07, 6.45) is 2.16. The molecule has 0 unspecified atom stereocenters. The Bertz CT molecular complexity index is 1520. The standard InChI is InChI=1S/C28H30ClN5O4/c1-16-12-19(17-7-10-34(11-8-17)28(37)38-2)14-22-25(16)33-26(32-22)24-21(6-9-30-27(24)36)31-15-23(35)18-4-3-5-20(29)13-18/h3-6,9,12-14,17,23,35H,7-8,10-11,15H2,1-2H3,(H,32,33)(H2,30,31,36)/t23-/m1/s1. The Morgan fingerprint density at radius 1 is 1.26 bits per heavy atom. The van der Waals surface area contributed by atoms with Crippen LogP contribution in [0.3, 0.4) is 0 Å². The van der Waals surface area contributed by atoms with Gasteiger partial charge in [0.05, 0.1) is 29.9 Å². The molecule has 1 fully saturated rings. The van der Waals surface area contributed by atoms with E-state index < -0.39 is 6.10 Å². The van der Waals surface area contributed by atoms with Gasteiger partial charge >= 0.3 is 6.09 Å². The van der Waals surface area contributed by atoms with E-state index in [1.807, 2.05) is 6.92 Å². The number of nitrogens with one attached hydrogen (secondary N) is 3. The SMILES string of the molecule is COC(=O)N1CCC(c2cc(C)c3nc(-c4c(NC[C@@H](O)c5cccc(Cl)c5)cc[nH]c4=O)[nH]c3c2)CC1. The van der Waals surface area contributed by atoms with Crippen LogP contribution >= 0.6 is 11.6 Å². The van der Waals surface area contributed by atoms with Gasteiger partial charge in [0.2, 0.25) is 0 Å². The zero-order valence-electron chi connectivity index (χ0n) is 21.3. The van der Waals surface area contributed by atoms with Crippen molar-refractivity contribution in [1.82, 2.24) is 19.9 Å². The number of ether oxygens (including phenoxy) is 1. The third-order valence-corrected chi connectivity index (χ3v) is 7.35. The van der Waals surface area contributed by atoms with Crippen LogP contribution in [0, 0.1) is 6.92 Å². The van der Waals surface area contributed by atoms with Gasteiger partial charge in [-0.15, -0.1) is 0 Å². The van der Waals surface area contributed by atoms with Gasteiger partial charge in [-0.3, -0.25) is 4.79 Å². The summed E-state index contributed by atoms with van der Waals surface area (Å²) in [5.41, 5.74) is 5.15. The number of aryl methyl sites for hydroxylation is 1. The van der Waals surface area contributed by atoms with Gasteiger partial charge in [0.15, 0.2) is 0 Å². The van der Waals surface area contributed by atoms with Gasteiger partial charge in [-0.25, -0.2) is 9.78 Å². The number of imidazole rings is 1. The summed E-state index contributed by atoms with van der Waals surface area (Å²) in [6.45, 7) is 3.50. The Balaban J connectivity index is 1.40. The van der Waals surface area contributed by atoms with E-state index in [0.717, 1.165) is 29.4 Å². The number of rotatable bonds is 6. The summed E-state index contributed by atoms with van der Waals surface area (Å²) in [5, 5.41) is 14.4. The van der Waals surface area contributed by atoms with E-state index in [1.54, 1.807) is 41.4 Å². The second-order valence-corrected chi connectivity index (χ2v) is 10.0. The number of aliphatic hydroxyl groups excluding tert-OH is 1. The first-order chi connectivity index (χ1) is 18.3. The average molecular weight is 536 g/mol. The van der Waals surface area contributed by atoms with Gasteiger partial charge in [0.25, 0.3) is 5.56 Å². The molecule has 1 aliphatic heterocycles. The molecule has 3 heterocycles. The van der Waals surface area contributed by atoms with Gasteiger partial charge in [0, 0.05) is 30.9 Å². The summed E-state index contributed by atoms with van der Waals surface area (Å²) < 4.78 is 4.85. The van der Waals surface area contributed by atoms with Crippen LogP contribution in [-0.4, -0.2) is 57.8 Å². The lowest BCUT2D eigenvalue weighted by molar-refractivity contribution is 0.112. The molecule has 1 atom stereocenters. The number of aromatic nitrogens is 3. The van der Waals surface area contributed by atoms with Crippen molar-refractivity contribution in [2.24, 2.45) is 0 Å². The van der Waals surface area contributed by atoms with Crippen LogP contribution in [0.1, 0.15) is 41.6 Å². The maximum absolute atomic E-state index is 12.9. The third-order valence-electron chi connectivity index (χ3n) is 7.12. The topological polar surface area (TPSA) is 123 Å². The highest BCUT2D eigenvalue weighted by atomic mass is 35.5. The normalized spacial score (nSPS) is 15.0. The van der Waals surface area contributed by atoms with E-state index in [1.165, 1.54) is 12.7 Å². The summed E-state index contributed by atoms with van der Waals surface area (Å²) in [6, 6.07) is 13.0. The Morgan fingerprint density at radius 2 is 2.05 bits per heavy atom. The number of pyridine rings is 1. The molecule has 5 rings (SSSR count). The van der Waals surface area contributed by atoms with Crippen LogP contribution in [-0.2, 0) is 4.74 Å². The molecule has 9 nitrogen and oxygen atoms in total. The fourth-order valence-electron chi connectivity index (χ4n) is 5.10. The molecule has 38 heavy (non-hydrogen) atoms. The van der Waals surface area contributed by atoms with Crippen molar-refractivity contribution in [2.75, 3.05) is 32.1 Å². The number of methoxy groups -OCH3 is 1. The Labute approximate surface area is 224 Å². The number of aliphatic hydroxyl groups is 1. The number of amides is 1. The largest absolute Gasteiger partial charge is 0.453 e. The number of anilines is 1. The minimum atomic E-state index is -0.813. The molecular weight excluding hydrogens is 506 g/mol. The minimum absolute atomic E-state index is 0.185. The molecule has 1 saturated heterocycles. The second kappa shape index (κ2) is 10.9. The van der Waals surface area contributed by atoms with E-state index in [2.05, 4.69) is 27.4 Å². The highest BCUT2D eigenvalue weighted by molar-refractivity contribution is 6.30. The van der Waals surface area contributed by atoms with E-state index in [-0.39, 0.29) is 18.2 Å². The quantitative estimate of drug-likeness (QED) is 0.276. The number of halogens is 1. The fourth-order valence-corrected chi connectivity index (χ4v) is 5.30. The van der Waals surface area contributed by atoms with Crippen molar-refractivity contribution in [3.63, 3.8) is 0 Å². The number of carbonyl (C=O) groups excluding carboxylic acids is 1. The third kappa shape index (κ3) is 5.25. The molecule has 1 aliphatic rings. The van der Waals surface area contributed by atoms with Crippen molar-refractivity contribution >= 4 is 34.4 Å². The van der Waals surface area contributed by atoms with E-state index in [0.29, 0.717) is 46.7 Å². The van der Waals surface area contributed by atoms with Crippen molar-refractivity contribution in [3.05, 3.63) is 80.7 Å². The molecule has 10 heteroatoms. The van der Waals surface area contributed by atoms with Crippen LogP contribution in [0.4, 0.5) is 10.5 Å². The summed E-state index contributed by atoms with van der Waals surface area (Å²) in [7, 11) is 1.40. The Hall–Kier alpha value is -3.82. The number of hydrogen-bond acceptors (Lipinski definition) is 6. The molecule has 198 valence electrons. The highest BCUT2D eigenvalue weighted by Gasteiger charge is 2.25.